The summed E-state index contributed by atoms with van der Waals surface area (Å²) < 4.78 is 22.9. The third-order valence-corrected chi connectivity index (χ3v) is 7.18. The highest BCUT2D eigenvalue weighted by Crippen LogP contribution is 2.37. The van der Waals surface area contributed by atoms with Crippen molar-refractivity contribution in [2.24, 2.45) is 0 Å². The van der Waals surface area contributed by atoms with Crippen LogP contribution in [0.5, 0.6) is 23.0 Å². The Hall–Kier alpha value is -3.71. The number of anilines is 1. The van der Waals surface area contributed by atoms with Crippen molar-refractivity contribution < 1.29 is 33.3 Å². The summed E-state index contributed by atoms with van der Waals surface area (Å²) in [5, 5.41) is 2.39. The highest BCUT2D eigenvalue weighted by molar-refractivity contribution is 14.1. The number of carbonyl (C=O) groups is 3. The lowest BCUT2D eigenvalue weighted by Crippen LogP contribution is -2.32. The Morgan fingerprint density at radius 2 is 1.64 bits per heavy atom. The molecule has 1 saturated heterocycles. The molecule has 1 aliphatic rings. The first-order chi connectivity index (χ1) is 18.9. The molecule has 0 aliphatic carbocycles. The molecule has 0 bridgehead atoms. The van der Waals surface area contributed by atoms with Crippen LogP contribution in [0.25, 0.3) is 6.08 Å². The van der Waals surface area contributed by atoms with Crippen LogP contribution in [0, 0.1) is 3.57 Å². The Morgan fingerprint density at radius 3 is 2.36 bits per heavy atom. The minimum atomic E-state index is -0.402. The van der Waals surface area contributed by atoms with Gasteiger partial charge in [0, 0.05) is 5.69 Å². The molecule has 1 aliphatic heterocycles. The zero-order chi connectivity index (χ0) is 27.8. The van der Waals surface area contributed by atoms with Crippen molar-refractivity contribution >= 4 is 63.2 Å². The number of hydrogen-bond acceptors (Lipinski definition) is 8. The zero-order valence-corrected chi connectivity index (χ0v) is 24.1. The van der Waals surface area contributed by atoms with Gasteiger partial charge in [-0.25, -0.2) is 0 Å². The van der Waals surface area contributed by atoms with Gasteiger partial charge in [-0.05, 0) is 82.4 Å². The third kappa shape index (κ3) is 7.24. The molecular weight excluding hydrogens is 635 g/mol. The number of halogens is 1. The van der Waals surface area contributed by atoms with E-state index in [1.165, 1.54) is 7.11 Å². The van der Waals surface area contributed by atoms with Crippen molar-refractivity contribution in [2.45, 2.75) is 0 Å². The number of methoxy groups -OCH3 is 2. The molecule has 1 N–H and O–H groups in total. The predicted octanol–water partition coefficient (Wildman–Crippen LogP) is 5.44. The first-order valence-electron chi connectivity index (χ1n) is 11.8. The number of nitrogens with one attached hydrogen (secondary N) is 1. The highest BCUT2D eigenvalue weighted by atomic mass is 127. The average molecular weight is 660 g/mol. The molecule has 11 heteroatoms. The minimum Gasteiger partial charge on any atom is -0.493 e. The Balaban J connectivity index is 1.40. The second-order valence-electron chi connectivity index (χ2n) is 8.07. The van der Waals surface area contributed by atoms with Gasteiger partial charge in [-0.15, -0.1) is 0 Å². The number of imide groups is 1. The van der Waals surface area contributed by atoms with Crippen LogP contribution in [0.4, 0.5) is 10.5 Å². The van der Waals surface area contributed by atoms with E-state index in [4.69, 9.17) is 18.9 Å². The van der Waals surface area contributed by atoms with Gasteiger partial charge in [0.25, 0.3) is 17.1 Å². The van der Waals surface area contributed by atoms with Crippen molar-refractivity contribution in [3.63, 3.8) is 0 Å². The van der Waals surface area contributed by atoms with Gasteiger partial charge in [0.1, 0.15) is 6.61 Å². The lowest BCUT2D eigenvalue weighted by molar-refractivity contribution is -0.123. The molecule has 3 aromatic carbocycles. The molecule has 1 fully saturated rings. The molecule has 3 amide bonds. The maximum absolute atomic E-state index is 13.0. The molecule has 1 heterocycles. The average Bonchev–Trinajstić information content (AvgIpc) is 3.20. The number of carbonyl (C=O) groups excluding carboxylic acids is 3. The van der Waals surface area contributed by atoms with E-state index < -0.39 is 5.91 Å². The van der Waals surface area contributed by atoms with E-state index in [9.17, 15) is 14.4 Å². The second-order valence-corrected chi connectivity index (χ2v) is 10.2. The first kappa shape index (κ1) is 28.3. The van der Waals surface area contributed by atoms with Gasteiger partial charge in [-0.2, -0.15) is 0 Å². The van der Waals surface area contributed by atoms with Crippen LogP contribution < -0.4 is 24.3 Å². The summed E-state index contributed by atoms with van der Waals surface area (Å²) >= 11 is 2.93. The number of amides is 3. The molecule has 0 atom stereocenters. The fraction of sp³-hybridized carbons (Fsp3) is 0.179. The van der Waals surface area contributed by atoms with E-state index in [2.05, 4.69) is 27.9 Å². The molecule has 9 nitrogen and oxygen atoms in total. The number of benzene rings is 3. The largest absolute Gasteiger partial charge is 0.493 e. The topological polar surface area (TPSA) is 103 Å². The summed E-state index contributed by atoms with van der Waals surface area (Å²) in [6.45, 7) is 0.0104. The van der Waals surface area contributed by atoms with Gasteiger partial charge < -0.3 is 24.3 Å². The lowest BCUT2D eigenvalue weighted by atomic mass is 10.2. The van der Waals surface area contributed by atoms with Crippen molar-refractivity contribution in [3.8, 4) is 23.0 Å². The fourth-order valence-corrected chi connectivity index (χ4v) is 5.29. The minimum absolute atomic E-state index is 0.0960. The van der Waals surface area contributed by atoms with Crippen LogP contribution in [-0.2, 0) is 9.59 Å². The summed E-state index contributed by atoms with van der Waals surface area (Å²) in [6.07, 6.45) is 1.63. The lowest BCUT2D eigenvalue weighted by Gasteiger charge is -2.15. The fourth-order valence-electron chi connectivity index (χ4n) is 3.65. The van der Waals surface area contributed by atoms with E-state index in [0.29, 0.717) is 37.8 Å². The molecule has 0 spiro atoms. The molecule has 0 radical (unpaired) electrons. The summed E-state index contributed by atoms with van der Waals surface area (Å²) in [4.78, 5) is 39.2. The molecule has 0 saturated carbocycles. The van der Waals surface area contributed by atoms with Gasteiger partial charge in [0.05, 0.1) is 29.2 Å². The Labute approximate surface area is 243 Å². The number of thioether (sulfide) groups is 1. The highest BCUT2D eigenvalue weighted by Gasteiger charge is 2.35. The summed E-state index contributed by atoms with van der Waals surface area (Å²) in [6, 6.07) is 19.7. The van der Waals surface area contributed by atoms with Gasteiger partial charge in [-0.3, -0.25) is 19.3 Å². The van der Waals surface area contributed by atoms with E-state index in [-0.39, 0.29) is 35.8 Å². The third-order valence-electron chi connectivity index (χ3n) is 5.47. The van der Waals surface area contributed by atoms with E-state index >= 15 is 0 Å². The number of hydrogen-bond donors (Lipinski definition) is 1. The number of rotatable bonds is 11. The zero-order valence-electron chi connectivity index (χ0n) is 21.1. The molecule has 3 aromatic rings. The molecule has 202 valence electrons. The van der Waals surface area contributed by atoms with Gasteiger partial charge >= 0.3 is 0 Å². The maximum atomic E-state index is 13.0. The summed E-state index contributed by atoms with van der Waals surface area (Å²) in [5.74, 6) is 1.18. The predicted molar refractivity (Wildman–Crippen MR) is 157 cm³/mol. The van der Waals surface area contributed by atoms with Gasteiger partial charge in [0.15, 0.2) is 29.6 Å². The van der Waals surface area contributed by atoms with Crippen LogP contribution in [0.2, 0.25) is 0 Å². The monoisotopic (exact) mass is 660 g/mol. The van der Waals surface area contributed by atoms with Crippen LogP contribution in [-0.4, -0.2) is 55.9 Å². The van der Waals surface area contributed by atoms with Crippen molar-refractivity contribution in [1.82, 2.24) is 4.90 Å². The summed E-state index contributed by atoms with van der Waals surface area (Å²) in [5.41, 5.74) is 1.32. The van der Waals surface area contributed by atoms with Gasteiger partial charge in [-0.1, -0.05) is 30.3 Å². The van der Waals surface area contributed by atoms with Gasteiger partial charge in [0.2, 0.25) is 0 Å². The Kier molecular flexibility index (Phi) is 9.71. The summed E-state index contributed by atoms with van der Waals surface area (Å²) in [7, 11) is 3.03. The van der Waals surface area contributed by atoms with Crippen LogP contribution in [0.3, 0.4) is 0 Å². The van der Waals surface area contributed by atoms with Crippen molar-refractivity contribution in [2.75, 3.05) is 39.3 Å². The SMILES string of the molecule is COc1ccccc1OCCN1C(=O)S/C(=C\c2cc(I)c(OCC(=O)Nc3ccccc3)c(OC)c2)C1=O. The van der Waals surface area contributed by atoms with E-state index in [1.54, 1.807) is 49.6 Å². The number of nitrogens with zero attached hydrogens (tertiary/aromatic N) is 1. The van der Waals surface area contributed by atoms with E-state index in [0.717, 1.165) is 16.7 Å². The van der Waals surface area contributed by atoms with E-state index in [1.807, 2.05) is 30.3 Å². The van der Waals surface area contributed by atoms with Crippen LogP contribution >= 0.6 is 34.4 Å². The molecule has 4 rings (SSSR count). The molecule has 39 heavy (non-hydrogen) atoms. The normalized spacial score (nSPS) is 13.9. The van der Waals surface area contributed by atoms with Crippen LogP contribution in [0.1, 0.15) is 5.56 Å². The standard InChI is InChI=1S/C28H25IN2O7S/c1-35-21-10-6-7-11-22(21)37-13-12-31-27(33)24(39-28(31)34)16-18-14-20(29)26(23(15-18)36-2)38-17-25(32)30-19-8-4-3-5-9-19/h3-11,14-16H,12-13,17H2,1-2H3,(H,30,32)/b24-16-. The van der Waals surface area contributed by atoms with Crippen LogP contribution in [0.15, 0.2) is 71.6 Å². The second kappa shape index (κ2) is 13.4. The Morgan fingerprint density at radius 1 is 0.949 bits per heavy atom. The molecular formula is C28H25IN2O7S. The molecule has 0 aromatic heterocycles. The quantitative estimate of drug-likeness (QED) is 0.214. The van der Waals surface area contributed by atoms with Crippen molar-refractivity contribution in [1.29, 1.82) is 0 Å². The van der Waals surface area contributed by atoms with Crippen molar-refractivity contribution in [3.05, 3.63) is 80.8 Å². The maximum Gasteiger partial charge on any atom is 0.293 e. The first-order valence-corrected chi connectivity index (χ1v) is 13.7. The smallest absolute Gasteiger partial charge is 0.293 e. The molecule has 0 unspecified atom stereocenters. The Bertz CT molecular complexity index is 1400. The number of para-hydroxylation sites is 3. The number of ether oxygens (including phenoxy) is 4.